The number of halogens is 1. The number of ether oxygens (including phenoxy) is 1. The van der Waals surface area contributed by atoms with Crippen LogP contribution in [-0.2, 0) is 9.53 Å². The largest absolute Gasteiger partial charge is 0.377 e. The van der Waals surface area contributed by atoms with Gasteiger partial charge in [0.15, 0.2) is 0 Å². The van der Waals surface area contributed by atoms with Crippen molar-refractivity contribution in [3.63, 3.8) is 0 Å². The zero-order valence-electron chi connectivity index (χ0n) is 9.87. The van der Waals surface area contributed by atoms with Crippen LogP contribution in [0.3, 0.4) is 0 Å². The van der Waals surface area contributed by atoms with E-state index in [4.69, 9.17) is 9.94 Å². The molecule has 1 aromatic rings. The van der Waals surface area contributed by atoms with Crippen LogP contribution in [0.1, 0.15) is 30.1 Å². The highest BCUT2D eigenvalue weighted by Gasteiger charge is 2.13. The van der Waals surface area contributed by atoms with Gasteiger partial charge in [0.05, 0.1) is 6.10 Å². The highest BCUT2D eigenvalue weighted by Crippen LogP contribution is 2.23. The van der Waals surface area contributed by atoms with Gasteiger partial charge in [-0.15, -0.1) is 0 Å². The highest BCUT2D eigenvalue weighted by molar-refractivity contribution is 5.74. The third-order valence-corrected chi connectivity index (χ3v) is 2.60. The van der Waals surface area contributed by atoms with E-state index in [0.29, 0.717) is 12.0 Å². The predicted octanol–water partition coefficient (Wildman–Crippen LogP) is 2.11. The Morgan fingerprint density at radius 3 is 2.82 bits per heavy atom. The molecule has 1 aromatic carbocycles. The molecule has 0 spiro atoms. The first-order chi connectivity index (χ1) is 8.08. The first-order valence-corrected chi connectivity index (χ1v) is 5.30. The van der Waals surface area contributed by atoms with E-state index in [9.17, 15) is 9.18 Å². The standard InChI is InChI=1S/C12H16FNO3/c1-8-7-9(3-4-10(8)13)11(17-2)5-6-12(15)14-16/h3-4,7,11,16H,5-6H2,1-2H3,(H,14,15)/t11-/m1/s1. The molecular weight excluding hydrogens is 225 g/mol. The maximum atomic E-state index is 13.1. The van der Waals surface area contributed by atoms with Crippen molar-refractivity contribution in [1.29, 1.82) is 0 Å². The molecule has 0 aliphatic rings. The number of benzene rings is 1. The predicted molar refractivity (Wildman–Crippen MR) is 60.1 cm³/mol. The molecule has 17 heavy (non-hydrogen) atoms. The summed E-state index contributed by atoms with van der Waals surface area (Å²) in [6.45, 7) is 1.67. The summed E-state index contributed by atoms with van der Waals surface area (Å²) in [4.78, 5) is 10.9. The molecule has 0 unspecified atom stereocenters. The van der Waals surface area contributed by atoms with Gasteiger partial charge in [-0.2, -0.15) is 0 Å². The second kappa shape index (κ2) is 6.32. The summed E-state index contributed by atoms with van der Waals surface area (Å²) in [7, 11) is 1.53. The fourth-order valence-corrected chi connectivity index (χ4v) is 1.61. The minimum Gasteiger partial charge on any atom is -0.377 e. The maximum Gasteiger partial charge on any atom is 0.243 e. The molecule has 0 radical (unpaired) electrons. The van der Waals surface area contributed by atoms with Gasteiger partial charge in [0.1, 0.15) is 5.82 Å². The van der Waals surface area contributed by atoms with Crippen LogP contribution in [0, 0.1) is 12.7 Å². The van der Waals surface area contributed by atoms with Gasteiger partial charge in [0, 0.05) is 13.5 Å². The average Bonchev–Trinajstić information content (AvgIpc) is 2.33. The van der Waals surface area contributed by atoms with Gasteiger partial charge >= 0.3 is 0 Å². The molecule has 0 aromatic heterocycles. The number of hydrogen-bond acceptors (Lipinski definition) is 3. The summed E-state index contributed by atoms with van der Waals surface area (Å²) >= 11 is 0. The molecule has 1 amide bonds. The highest BCUT2D eigenvalue weighted by atomic mass is 19.1. The van der Waals surface area contributed by atoms with Gasteiger partial charge in [-0.3, -0.25) is 10.0 Å². The number of carbonyl (C=O) groups excluding carboxylic acids is 1. The molecule has 94 valence electrons. The molecule has 0 aliphatic heterocycles. The van der Waals surface area contributed by atoms with Gasteiger partial charge in [0.2, 0.25) is 5.91 Å². The minimum atomic E-state index is -0.467. The molecule has 0 aliphatic carbocycles. The van der Waals surface area contributed by atoms with E-state index < -0.39 is 5.91 Å². The van der Waals surface area contributed by atoms with E-state index in [0.717, 1.165) is 5.56 Å². The Morgan fingerprint density at radius 1 is 1.59 bits per heavy atom. The Balaban J connectivity index is 2.72. The average molecular weight is 241 g/mol. The molecule has 0 heterocycles. The third kappa shape index (κ3) is 3.80. The SMILES string of the molecule is CO[C@H](CCC(=O)NO)c1ccc(F)c(C)c1. The number of methoxy groups -OCH3 is 1. The second-order valence-electron chi connectivity index (χ2n) is 3.81. The van der Waals surface area contributed by atoms with E-state index in [1.807, 2.05) is 0 Å². The second-order valence-corrected chi connectivity index (χ2v) is 3.81. The van der Waals surface area contributed by atoms with Crippen LogP contribution in [0.4, 0.5) is 4.39 Å². The van der Waals surface area contributed by atoms with E-state index >= 15 is 0 Å². The van der Waals surface area contributed by atoms with E-state index in [-0.39, 0.29) is 18.3 Å². The van der Waals surface area contributed by atoms with Crippen LogP contribution < -0.4 is 5.48 Å². The smallest absolute Gasteiger partial charge is 0.243 e. The number of hydroxylamine groups is 1. The Hall–Kier alpha value is -1.46. The summed E-state index contributed by atoms with van der Waals surface area (Å²) in [5.74, 6) is -0.734. The summed E-state index contributed by atoms with van der Waals surface area (Å²) in [5.41, 5.74) is 2.92. The number of amides is 1. The summed E-state index contributed by atoms with van der Waals surface area (Å²) in [6.07, 6.45) is 0.283. The van der Waals surface area contributed by atoms with Crippen molar-refractivity contribution in [2.45, 2.75) is 25.9 Å². The molecule has 0 bridgehead atoms. The third-order valence-electron chi connectivity index (χ3n) is 2.60. The number of nitrogens with one attached hydrogen (secondary N) is 1. The van der Waals surface area contributed by atoms with Crippen LogP contribution in [0.15, 0.2) is 18.2 Å². The number of hydrogen-bond donors (Lipinski definition) is 2. The Labute approximate surface area is 99.4 Å². The van der Waals surface area contributed by atoms with Crippen molar-refractivity contribution in [1.82, 2.24) is 5.48 Å². The van der Waals surface area contributed by atoms with Crippen LogP contribution in [0.25, 0.3) is 0 Å². The lowest BCUT2D eigenvalue weighted by molar-refractivity contribution is -0.129. The fourth-order valence-electron chi connectivity index (χ4n) is 1.61. The summed E-state index contributed by atoms with van der Waals surface area (Å²) < 4.78 is 18.3. The van der Waals surface area contributed by atoms with Gasteiger partial charge in [-0.1, -0.05) is 12.1 Å². The van der Waals surface area contributed by atoms with Gasteiger partial charge in [-0.25, -0.2) is 9.87 Å². The molecular formula is C12H16FNO3. The molecule has 2 N–H and O–H groups in total. The molecule has 5 heteroatoms. The van der Waals surface area contributed by atoms with Gasteiger partial charge in [0.25, 0.3) is 0 Å². The molecule has 4 nitrogen and oxygen atoms in total. The van der Waals surface area contributed by atoms with Crippen LogP contribution >= 0.6 is 0 Å². The van der Waals surface area contributed by atoms with Crippen molar-refractivity contribution in [3.05, 3.63) is 35.1 Å². The molecule has 0 fully saturated rings. The van der Waals surface area contributed by atoms with Crippen LogP contribution in [0.5, 0.6) is 0 Å². The number of aryl methyl sites for hydroxylation is 1. The van der Waals surface area contributed by atoms with E-state index in [1.54, 1.807) is 24.5 Å². The monoisotopic (exact) mass is 241 g/mol. The first-order valence-electron chi connectivity index (χ1n) is 5.30. The maximum absolute atomic E-state index is 13.1. The van der Waals surface area contributed by atoms with Gasteiger partial charge < -0.3 is 4.74 Å². The number of rotatable bonds is 5. The van der Waals surface area contributed by atoms with Crippen LogP contribution in [0.2, 0.25) is 0 Å². The summed E-state index contributed by atoms with van der Waals surface area (Å²) in [5, 5.41) is 8.38. The fraction of sp³-hybridized carbons (Fsp3) is 0.417. The van der Waals surface area contributed by atoms with E-state index in [2.05, 4.69) is 0 Å². The molecule has 1 rings (SSSR count). The quantitative estimate of drug-likeness (QED) is 0.613. The van der Waals surface area contributed by atoms with Crippen molar-refractivity contribution < 1.29 is 19.1 Å². The van der Waals surface area contributed by atoms with Crippen molar-refractivity contribution in [2.75, 3.05) is 7.11 Å². The van der Waals surface area contributed by atoms with E-state index in [1.165, 1.54) is 13.2 Å². The summed E-state index contributed by atoms with van der Waals surface area (Å²) in [6, 6.07) is 4.70. The number of carbonyl (C=O) groups is 1. The van der Waals surface area contributed by atoms with Crippen LogP contribution in [-0.4, -0.2) is 18.2 Å². The first kappa shape index (κ1) is 13.6. The minimum absolute atomic E-state index is 0.144. The molecule has 0 saturated carbocycles. The van der Waals surface area contributed by atoms with Crippen molar-refractivity contribution in [3.8, 4) is 0 Å². The topological polar surface area (TPSA) is 58.6 Å². The molecule has 0 saturated heterocycles. The lowest BCUT2D eigenvalue weighted by atomic mass is 10.0. The van der Waals surface area contributed by atoms with Crippen molar-refractivity contribution in [2.24, 2.45) is 0 Å². The Bertz CT molecular complexity index is 395. The van der Waals surface area contributed by atoms with Crippen molar-refractivity contribution >= 4 is 5.91 Å². The zero-order valence-corrected chi connectivity index (χ0v) is 9.87. The lowest BCUT2D eigenvalue weighted by Crippen LogP contribution is -2.19. The zero-order chi connectivity index (χ0) is 12.8. The normalized spacial score (nSPS) is 12.2. The van der Waals surface area contributed by atoms with Gasteiger partial charge in [-0.05, 0) is 30.5 Å². The molecule has 1 atom stereocenters. The Morgan fingerprint density at radius 2 is 2.29 bits per heavy atom. The lowest BCUT2D eigenvalue weighted by Gasteiger charge is -2.15. The Kier molecular flexibility index (Phi) is 5.06.